The summed E-state index contributed by atoms with van der Waals surface area (Å²) in [5.74, 6) is -1.38. The van der Waals surface area contributed by atoms with Gasteiger partial charge in [-0.3, -0.25) is 0 Å². The SMILES string of the molecule is CCOC(=O)C(=Cc1c[nH]c2ccc(Br)cc12)C(=O)OCC. The number of carbonyl (C=O) groups excluding carboxylic acids is 2. The van der Waals surface area contributed by atoms with Gasteiger partial charge in [0.1, 0.15) is 5.57 Å². The monoisotopic (exact) mass is 365 g/mol. The maximum absolute atomic E-state index is 12.0. The molecule has 5 nitrogen and oxygen atoms in total. The van der Waals surface area contributed by atoms with Gasteiger partial charge in [0.05, 0.1) is 13.2 Å². The Kier molecular flexibility index (Phi) is 5.38. The summed E-state index contributed by atoms with van der Waals surface area (Å²) in [5.41, 5.74) is 1.50. The largest absolute Gasteiger partial charge is 0.462 e. The van der Waals surface area contributed by atoms with Crippen LogP contribution in [0.1, 0.15) is 19.4 Å². The Morgan fingerprint density at radius 3 is 2.41 bits per heavy atom. The van der Waals surface area contributed by atoms with Gasteiger partial charge in [-0.1, -0.05) is 15.9 Å². The van der Waals surface area contributed by atoms with Crippen LogP contribution >= 0.6 is 15.9 Å². The summed E-state index contributed by atoms with van der Waals surface area (Å²) in [6.45, 7) is 3.75. The quantitative estimate of drug-likeness (QED) is 0.381. The number of hydrogen-bond acceptors (Lipinski definition) is 4. The summed E-state index contributed by atoms with van der Waals surface area (Å²) in [4.78, 5) is 27.0. The highest BCUT2D eigenvalue weighted by Gasteiger charge is 2.21. The molecule has 22 heavy (non-hydrogen) atoms. The number of fused-ring (bicyclic) bond motifs is 1. The summed E-state index contributed by atoms with van der Waals surface area (Å²) in [6, 6.07) is 5.72. The van der Waals surface area contributed by atoms with Crippen LogP contribution in [-0.4, -0.2) is 30.1 Å². The highest BCUT2D eigenvalue weighted by Crippen LogP contribution is 2.25. The number of ether oxygens (including phenoxy) is 2. The van der Waals surface area contributed by atoms with Crippen LogP contribution in [0.15, 0.2) is 34.4 Å². The van der Waals surface area contributed by atoms with Gasteiger partial charge in [-0.25, -0.2) is 9.59 Å². The first-order valence-electron chi connectivity index (χ1n) is 6.89. The van der Waals surface area contributed by atoms with Crippen molar-refractivity contribution < 1.29 is 19.1 Å². The average molecular weight is 366 g/mol. The summed E-state index contributed by atoms with van der Waals surface area (Å²) >= 11 is 3.41. The maximum Gasteiger partial charge on any atom is 0.345 e. The van der Waals surface area contributed by atoms with Crippen molar-refractivity contribution in [3.63, 3.8) is 0 Å². The first-order valence-corrected chi connectivity index (χ1v) is 7.68. The fourth-order valence-electron chi connectivity index (χ4n) is 2.01. The lowest BCUT2D eigenvalue weighted by molar-refractivity contribution is -0.146. The zero-order valence-electron chi connectivity index (χ0n) is 12.3. The van der Waals surface area contributed by atoms with Gasteiger partial charge < -0.3 is 14.5 Å². The third kappa shape index (κ3) is 3.57. The van der Waals surface area contributed by atoms with Crippen LogP contribution in [0.4, 0.5) is 0 Å². The van der Waals surface area contributed by atoms with E-state index in [1.54, 1.807) is 20.0 Å². The van der Waals surface area contributed by atoms with E-state index in [4.69, 9.17) is 9.47 Å². The van der Waals surface area contributed by atoms with Crippen molar-refractivity contribution >= 4 is 44.8 Å². The third-order valence-electron chi connectivity index (χ3n) is 2.97. The molecule has 2 aromatic rings. The predicted molar refractivity (Wildman–Crippen MR) is 87.2 cm³/mol. The van der Waals surface area contributed by atoms with Crippen LogP contribution in [0, 0.1) is 0 Å². The highest BCUT2D eigenvalue weighted by atomic mass is 79.9. The Bertz CT molecular complexity index is 713. The molecule has 0 amide bonds. The topological polar surface area (TPSA) is 68.4 Å². The van der Waals surface area contributed by atoms with E-state index in [1.807, 2.05) is 18.2 Å². The van der Waals surface area contributed by atoms with Crippen molar-refractivity contribution in [1.29, 1.82) is 0 Å². The molecule has 0 spiro atoms. The molecule has 0 unspecified atom stereocenters. The maximum atomic E-state index is 12.0. The van der Waals surface area contributed by atoms with E-state index >= 15 is 0 Å². The fourth-order valence-corrected chi connectivity index (χ4v) is 2.37. The van der Waals surface area contributed by atoms with E-state index in [-0.39, 0.29) is 18.8 Å². The average Bonchev–Trinajstić information content (AvgIpc) is 2.87. The summed E-state index contributed by atoms with van der Waals surface area (Å²) in [5, 5.41) is 0.889. The molecule has 0 aliphatic rings. The molecule has 116 valence electrons. The number of aromatic amines is 1. The highest BCUT2D eigenvalue weighted by molar-refractivity contribution is 9.10. The molecule has 1 heterocycles. The van der Waals surface area contributed by atoms with Crippen LogP contribution in [0.2, 0.25) is 0 Å². The van der Waals surface area contributed by atoms with Crippen LogP contribution < -0.4 is 0 Å². The number of esters is 2. The van der Waals surface area contributed by atoms with Crippen molar-refractivity contribution in [3.05, 3.63) is 40.0 Å². The van der Waals surface area contributed by atoms with Crippen molar-refractivity contribution in [2.24, 2.45) is 0 Å². The number of rotatable bonds is 5. The Morgan fingerprint density at radius 2 is 1.82 bits per heavy atom. The molecule has 0 aliphatic carbocycles. The first kappa shape index (κ1) is 16.3. The van der Waals surface area contributed by atoms with Crippen molar-refractivity contribution in [1.82, 2.24) is 4.98 Å². The predicted octanol–water partition coefficient (Wildman–Crippen LogP) is 3.44. The minimum Gasteiger partial charge on any atom is -0.462 e. The number of carbonyl (C=O) groups is 2. The smallest absolute Gasteiger partial charge is 0.345 e. The molecule has 0 fully saturated rings. The minimum absolute atomic E-state index is 0.121. The second kappa shape index (κ2) is 7.26. The normalized spacial score (nSPS) is 10.3. The van der Waals surface area contributed by atoms with E-state index in [9.17, 15) is 9.59 Å². The molecule has 2 rings (SSSR count). The van der Waals surface area contributed by atoms with Gasteiger partial charge in [0.25, 0.3) is 0 Å². The third-order valence-corrected chi connectivity index (χ3v) is 3.46. The molecule has 6 heteroatoms. The molecule has 0 bridgehead atoms. The number of nitrogens with one attached hydrogen (secondary N) is 1. The van der Waals surface area contributed by atoms with Gasteiger partial charge in [0, 0.05) is 27.1 Å². The molecule has 0 saturated heterocycles. The Morgan fingerprint density at radius 1 is 1.18 bits per heavy atom. The Labute approximate surface area is 136 Å². The molecular weight excluding hydrogens is 350 g/mol. The standard InChI is InChI=1S/C16H16BrNO4/c1-3-21-15(19)13(16(20)22-4-2)7-10-9-18-14-6-5-11(17)8-12(10)14/h5-9,18H,3-4H2,1-2H3. The van der Waals surface area contributed by atoms with Gasteiger partial charge in [-0.15, -0.1) is 0 Å². The summed E-state index contributed by atoms with van der Waals surface area (Å²) in [7, 11) is 0. The molecular formula is C16H16BrNO4. The van der Waals surface area contributed by atoms with Gasteiger partial charge >= 0.3 is 11.9 Å². The number of H-pyrrole nitrogens is 1. The van der Waals surface area contributed by atoms with Crippen molar-refractivity contribution in [2.45, 2.75) is 13.8 Å². The van der Waals surface area contributed by atoms with E-state index in [0.29, 0.717) is 5.56 Å². The van der Waals surface area contributed by atoms with E-state index in [2.05, 4.69) is 20.9 Å². The molecule has 1 aromatic heterocycles. The second-order valence-electron chi connectivity index (χ2n) is 4.43. The van der Waals surface area contributed by atoms with Gasteiger partial charge in [0.2, 0.25) is 0 Å². The van der Waals surface area contributed by atoms with Crippen LogP contribution in [0.5, 0.6) is 0 Å². The lowest BCUT2D eigenvalue weighted by atomic mass is 10.1. The number of benzene rings is 1. The van der Waals surface area contributed by atoms with E-state index in [0.717, 1.165) is 15.4 Å². The lowest BCUT2D eigenvalue weighted by Crippen LogP contribution is -2.18. The molecule has 0 radical (unpaired) electrons. The van der Waals surface area contributed by atoms with Crippen LogP contribution in [0.3, 0.4) is 0 Å². The zero-order valence-corrected chi connectivity index (χ0v) is 13.9. The molecule has 1 aromatic carbocycles. The summed E-state index contributed by atoms with van der Waals surface area (Å²) in [6.07, 6.45) is 3.22. The Balaban J connectivity index is 2.48. The van der Waals surface area contributed by atoms with Crippen molar-refractivity contribution in [2.75, 3.05) is 13.2 Å². The second-order valence-corrected chi connectivity index (χ2v) is 5.35. The van der Waals surface area contributed by atoms with Crippen LogP contribution in [-0.2, 0) is 19.1 Å². The number of aromatic nitrogens is 1. The van der Waals surface area contributed by atoms with Gasteiger partial charge in [-0.05, 0) is 38.1 Å². The number of hydrogen-bond donors (Lipinski definition) is 1. The lowest BCUT2D eigenvalue weighted by Gasteiger charge is -2.06. The minimum atomic E-state index is -0.690. The molecule has 0 saturated carbocycles. The van der Waals surface area contributed by atoms with Gasteiger partial charge in [0.15, 0.2) is 0 Å². The number of halogens is 1. The molecule has 1 N–H and O–H groups in total. The fraction of sp³-hybridized carbons (Fsp3) is 0.250. The van der Waals surface area contributed by atoms with Crippen molar-refractivity contribution in [3.8, 4) is 0 Å². The van der Waals surface area contributed by atoms with Crippen LogP contribution in [0.25, 0.3) is 17.0 Å². The zero-order chi connectivity index (χ0) is 16.1. The Hall–Kier alpha value is -2.08. The first-order chi connectivity index (χ1) is 10.6. The molecule has 0 aliphatic heterocycles. The van der Waals surface area contributed by atoms with E-state index in [1.165, 1.54) is 6.08 Å². The summed E-state index contributed by atoms with van der Waals surface area (Å²) < 4.78 is 10.8. The molecule has 0 atom stereocenters. The van der Waals surface area contributed by atoms with Gasteiger partial charge in [-0.2, -0.15) is 0 Å². The van der Waals surface area contributed by atoms with E-state index < -0.39 is 11.9 Å².